The molecule has 3 N–H and O–H groups in total. The van der Waals surface area contributed by atoms with Gasteiger partial charge in [-0.3, -0.25) is 4.79 Å². The predicted octanol–water partition coefficient (Wildman–Crippen LogP) is 1.70. The summed E-state index contributed by atoms with van der Waals surface area (Å²) in [5, 5.41) is 10.2. The van der Waals surface area contributed by atoms with Gasteiger partial charge in [-0.15, -0.1) is 12.4 Å². The van der Waals surface area contributed by atoms with Gasteiger partial charge in [-0.2, -0.15) is 0 Å². The lowest BCUT2D eigenvalue weighted by Crippen LogP contribution is -2.63. The molecule has 3 fully saturated rings. The minimum Gasteiger partial charge on any atom is -0.392 e. The Morgan fingerprint density at radius 3 is 2.57 bits per heavy atom. The largest absolute Gasteiger partial charge is 0.392 e. The molecule has 134 valence electrons. The van der Waals surface area contributed by atoms with Crippen molar-refractivity contribution in [3.05, 3.63) is 0 Å². The summed E-state index contributed by atoms with van der Waals surface area (Å²) in [7, 11) is 0. The van der Waals surface area contributed by atoms with Crippen molar-refractivity contribution in [1.82, 2.24) is 4.90 Å². The fourth-order valence-corrected chi connectivity index (χ4v) is 4.67. The summed E-state index contributed by atoms with van der Waals surface area (Å²) in [5.41, 5.74) is 5.91. The number of piperidine rings is 1. The zero-order chi connectivity index (χ0) is 15.7. The summed E-state index contributed by atoms with van der Waals surface area (Å²) in [6.07, 6.45) is 6.34. The van der Waals surface area contributed by atoms with E-state index in [1.54, 1.807) is 0 Å². The van der Waals surface area contributed by atoms with E-state index in [1.165, 1.54) is 0 Å². The van der Waals surface area contributed by atoms with Crippen LogP contribution in [0.1, 0.15) is 51.9 Å². The number of rotatable bonds is 3. The molecule has 0 radical (unpaired) electrons. The SMILES string of the molecule is CCOC1CC(O)C12CCN(C(=O)C1CCCC(N)C1)CC2.Cl. The van der Waals surface area contributed by atoms with Gasteiger partial charge in [0.15, 0.2) is 0 Å². The van der Waals surface area contributed by atoms with Gasteiger partial charge in [-0.25, -0.2) is 0 Å². The van der Waals surface area contributed by atoms with E-state index in [0.717, 1.165) is 58.0 Å². The van der Waals surface area contributed by atoms with E-state index in [4.69, 9.17) is 10.5 Å². The topological polar surface area (TPSA) is 75.8 Å². The van der Waals surface area contributed by atoms with Crippen LogP contribution in [0.15, 0.2) is 0 Å². The monoisotopic (exact) mass is 346 g/mol. The Morgan fingerprint density at radius 1 is 1.30 bits per heavy atom. The first-order valence-electron chi connectivity index (χ1n) is 8.91. The highest BCUT2D eigenvalue weighted by Gasteiger charge is 2.56. The van der Waals surface area contributed by atoms with Gasteiger partial charge in [0.2, 0.25) is 5.91 Å². The molecule has 2 saturated carbocycles. The molecule has 2 aliphatic carbocycles. The Kier molecular flexibility index (Phi) is 6.34. The highest BCUT2D eigenvalue weighted by molar-refractivity contribution is 5.85. The fourth-order valence-electron chi connectivity index (χ4n) is 4.67. The maximum Gasteiger partial charge on any atom is 0.225 e. The van der Waals surface area contributed by atoms with Gasteiger partial charge in [0.1, 0.15) is 0 Å². The van der Waals surface area contributed by atoms with E-state index in [-0.39, 0.29) is 47.9 Å². The molecule has 0 aromatic heterocycles. The number of carbonyl (C=O) groups excluding carboxylic acids is 1. The Balaban J connectivity index is 0.00000192. The smallest absolute Gasteiger partial charge is 0.225 e. The van der Waals surface area contributed by atoms with Gasteiger partial charge < -0.3 is 20.5 Å². The minimum absolute atomic E-state index is 0. The van der Waals surface area contributed by atoms with Crippen LogP contribution in [-0.4, -0.2) is 53.9 Å². The maximum absolute atomic E-state index is 12.7. The van der Waals surface area contributed by atoms with E-state index in [0.29, 0.717) is 6.61 Å². The minimum atomic E-state index is -0.260. The molecule has 4 unspecified atom stereocenters. The normalized spacial score (nSPS) is 36.2. The molecule has 4 atom stereocenters. The zero-order valence-corrected chi connectivity index (χ0v) is 14.9. The van der Waals surface area contributed by atoms with Gasteiger partial charge in [0.25, 0.3) is 0 Å². The molecule has 3 aliphatic rings. The molecule has 0 aromatic carbocycles. The first kappa shape index (κ1) is 19.0. The van der Waals surface area contributed by atoms with Gasteiger partial charge in [0.05, 0.1) is 12.2 Å². The van der Waals surface area contributed by atoms with Gasteiger partial charge in [-0.1, -0.05) is 6.42 Å². The van der Waals surface area contributed by atoms with Gasteiger partial charge in [0, 0.05) is 43.5 Å². The number of amides is 1. The molecule has 5 nitrogen and oxygen atoms in total. The lowest BCUT2D eigenvalue weighted by molar-refractivity contribution is -0.210. The van der Waals surface area contributed by atoms with E-state index < -0.39 is 0 Å². The number of carbonyl (C=O) groups is 1. The van der Waals surface area contributed by atoms with Crippen LogP contribution in [0.3, 0.4) is 0 Å². The number of ether oxygens (including phenoxy) is 1. The molecular weight excluding hydrogens is 316 g/mol. The predicted molar refractivity (Wildman–Crippen MR) is 91.5 cm³/mol. The van der Waals surface area contributed by atoms with Crippen molar-refractivity contribution in [1.29, 1.82) is 0 Å². The van der Waals surface area contributed by atoms with Crippen LogP contribution in [0.5, 0.6) is 0 Å². The summed E-state index contributed by atoms with van der Waals surface area (Å²) in [6.45, 7) is 4.21. The van der Waals surface area contributed by atoms with E-state index in [2.05, 4.69) is 0 Å². The Morgan fingerprint density at radius 2 is 2.00 bits per heavy atom. The average molecular weight is 347 g/mol. The number of aliphatic hydroxyl groups excluding tert-OH is 1. The third-order valence-corrected chi connectivity index (χ3v) is 6.18. The number of likely N-dealkylation sites (tertiary alicyclic amines) is 1. The Bertz CT molecular complexity index is 411. The molecule has 0 aromatic rings. The van der Waals surface area contributed by atoms with Crippen molar-refractivity contribution in [3.63, 3.8) is 0 Å². The Labute approximate surface area is 145 Å². The molecule has 1 heterocycles. The number of hydrogen-bond donors (Lipinski definition) is 2. The second-order valence-corrected chi connectivity index (χ2v) is 7.38. The van der Waals surface area contributed by atoms with Crippen molar-refractivity contribution < 1.29 is 14.6 Å². The fraction of sp³-hybridized carbons (Fsp3) is 0.941. The summed E-state index contributed by atoms with van der Waals surface area (Å²) < 4.78 is 5.79. The molecule has 1 saturated heterocycles. The standard InChI is InChI=1S/C17H30N2O3.ClH/c1-2-22-15-11-14(20)17(15)6-8-19(9-7-17)16(21)12-4-3-5-13(18)10-12;/h12-15,20H,2-11,18H2,1H3;1H. The van der Waals surface area contributed by atoms with Crippen molar-refractivity contribution in [2.45, 2.75) is 70.1 Å². The molecule has 0 bridgehead atoms. The molecule has 1 aliphatic heterocycles. The number of hydrogen-bond acceptors (Lipinski definition) is 4. The molecule has 6 heteroatoms. The van der Waals surface area contributed by atoms with Crippen LogP contribution < -0.4 is 5.73 Å². The third kappa shape index (κ3) is 3.53. The first-order valence-corrected chi connectivity index (χ1v) is 8.91. The van der Waals surface area contributed by atoms with Crippen LogP contribution in [0.25, 0.3) is 0 Å². The van der Waals surface area contributed by atoms with Gasteiger partial charge in [-0.05, 0) is 39.0 Å². The lowest BCUT2D eigenvalue weighted by atomic mass is 9.58. The number of aliphatic hydroxyl groups is 1. The second-order valence-electron chi connectivity index (χ2n) is 7.38. The summed E-state index contributed by atoms with van der Waals surface area (Å²) in [6, 6.07) is 0.189. The van der Waals surface area contributed by atoms with Crippen LogP contribution in [0.4, 0.5) is 0 Å². The number of nitrogens with zero attached hydrogens (tertiary/aromatic N) is 1. The summed E-state index contributed by atoms with van der Waals surface area (Å²) >= 11 is 0. The van der Waals surface area contributed by atoms with E-state index in [9.17, 15) is 9.90 Å². The molecular formula is C17H31ClN2O3. The molecule has 23 heavy (non-hydrogen) atoms. The van der Waals surface area contributed by atoms with Crippen molar-refractivity contribution in [3.8, 4) is 0 Å². The highest BCUT2D eigenvalue weighted by atomic mass is 35.5. The Hall–Kier alpha value is -0.360. The van der Waals surface area contributed by atoms with Crippen LogP contribution >= 0.6 is 12.4 Å². The van der Waals surface area contributed by atoms with Crippen molar-refractivity contribution in [2.75, 3.05) is 19.7 Å². The van der Waals surface area contributed by atoms with Crippen LogP contribution in [-0.2, 0) is 9.53 Å². The third-order valence-electron chi connectivity index (χ3n) is 6.18. The van der Waals surface area contributed by atoms with Crippen molar-refractivity contribution >= 4 is 18.3 Å². The zero-order valence-electron chi connectivity index (χ0n) is 14.1. The van der Waals surface area contributed by atoms with Gasteiger partial charge >= 0.3 is 0 Å². The van der Waals surface area contributed by atoms with Crippen molar-refractivity contribution in [2.24, 2.45) is 17.1 Å². The maximum atomic E-state index is 12.7. The first-order chi connectivity index (χ1) is 10.6. The van der Waals surface area contributed by atoms with E-state index >= 15 is 0 Å². The number of nitrogens with two attached hydrogens (primary N) is 1. The quantitative estimate of drug-likeness (QED) is 0.815. The second kappa shape index (κ2) is 7.68. The molecule has 3 rings (SSSR count). The van der Waals surface area contributed by atoms with E-state index in [1.807, 2.05) is 11.8 Å². The van der Waals surface area contributed by atoms with Crippen LogP contribution in [0, 0.1) is 11.3 Å². The highest BCUT2D eigenvalue weighted by Crippen LogP contribution is 2.51. The average Bonchev–Trinajstić information content (AvgIpc) is 2.54. The molecule has 1 spiro atoms. The number of halogens is 1. The van der Waals surface area contributed by atoms with Crippen LogP contribution in [0.2, 0.25) is 0 Å². The lowest BCUT2D eigenvalue weighted by Gasteiger charge is -2.56. The summed E-state index contributed by atoms with van der Waals surface area (Å²) in [4.78, 5) is 14.7. The summed E-state index contributed by atoms with van der Waals surface area (Å²) in [5.74, 6) is 0.401. The molecule has 1 amide bonds.